The van der Waals surface area contributed by atoms with Gasteiger partial charge >= 0.3 is 5.97 Å². The number of carbonyl (C=O) groups excluding carboxylic acids is 2. The number of halogens is 1. The molecule has 1 amide bonds. The van der Waals surface area contributed by atoms with Gasteiger partial charge in [-0.1, -0.05) is 5.16 Å². The highest BCUT2D eigenvalue weighted by Gasteiger charge is 2.13. The summed E-state index contributed by atoms with van der Waals surface area (Å²) in [6.07, 6.45) is 0. The Balaban J connectivity index is 1.96. The van der Waals surface area contributed by atoms with Crippen molar-refractivity contribution in [1.29, 1.82) is 0 Å². The molecular formula is C14H14FN3O4. The molecule has 0 atom stereocenters. The fraction of sp³-hybridized carbons (Fsp3) is 0.214. The zero-order chi connectivity index (χ0) is 16.1. The zero-order valence-corrected chi connectivity index (χ0v) is 12.0. The predicted octanol–water partition coefficient (Wildman–Crippen LogP) is 1.96. The van der Waals surface area contributed by atoms with Crippen molar-refractivity contribution in [2.24, 2.45) is 0 Å². The van der Waals surface area contributed by atoms with E-state index in [2.05, 4.69) is 20.5 Å². The van der Waals surface area contributed by atoms with Crippen molar-refractivity contribution in [2.75, 3.05) is 24.3 Å². The number of amides is 1. The maximum absolute atomic E-state index is 13.5. The summed E-state index contributed by atoms with van der Waals surface area (Å²) in [5, 5.41) is 8.92. The second-order valence-electron chi connectivity index (χ2n) is 4.41. The van der Waals surface area contributed by atoms with Crippen LogP contribution in [0.25, 0.3) is 0 Å². The molecule has 0 fully saturated rings. The van der Waals surface area contributed by atoms with Gasteiger partial charge in [0.05, 0.1) is 19.2 Å². The number of esters is 1. The van der Waals surface area contributed by atoms with E-state index >= 15 is 0 Å². The van der Waals surface area contributed by atoms with Crippen LogP contribution in [-0.4, -0.2) is 30.7 Å². The van der Waals surface area contributed by atoms with Gasteiger partial charge in [0.1, 0.15) is 11.6 Å². The van der Waals surface area contributed by atoms with Gasteiger partial charge in [0.25, 0.3) is 0 Å². The van der Waals surface area contributed by atoms with Gasteiger partial charge in [0, 0.05) is 11.8 Å². The Morgan fingerprint density at radius 2 is 2.14 bits per heavy atom. The lowest BCUT2D eigenvalue weighted by Crippen LogP contribution is -2.22. The number of carbonyl (C=O) groups is 2. The van der Waals surface area contributed by atoms with Gasteiger partial charge in [-0.3, -0.25) is 4.79 Å². The van der Waals surface area contributed by atoms with Crippen molar-refractivity contribution in [3.63, 3.8) is 0 Å². The quantitative estimate of drug-likeness (QED) is 0.820. The smallest absolute Gasteiger partial charge is 0.340 e. The van der Waals surface area contributed by atoms with Gasteiger partial charge in [0.15, 0.2) is 5.82 Å². The van der Waals surface area contributed by atoms with Crippen molar-refractivity contribution in [3.8, 4) is 0 Å². The summed E-state index contributed by atoms with van der Waals surface area (Å²) in [5.41, 5.74) is 0.202. The highest BCUT2D eigenvalue weighted by Crippen LogP contribution is 2.15. The Morgan fingerprint density at radius 1 is 1.36 bits per heavy atom. The number of benzene rings is 1. The molecule has 1 aromatic carbocycles. The van der Waals surface area contributed by atoms with E-state index in [9.17, 15) is 14.0 Å². The van der Waals surface area contributed by atoms with Crippen LogP contribution in [0.3, 0.4) is 0 Å². The van der Waals surface area contributed by atoms with Crippen molar-refractivity contribution < 1.29 is 23.2 Å². The first-order chi connectivity index (χ1) is 10.5. The summed E-state index contributed by atoms with van der Waals surface area (Å²) in [7, 11) is 1.16. The highest BCUT2D eigenvalue weighted by molar-refractivity contribution is 5.93. The Kier molecular flexibility index (Phi) is 4.72. The van der Waals surface area contributed by atoms with Crippen LogP contribution >= 0.6 is 0 Å². The van der Waals surface area contributed by atoms with E-state index in [4.69, 9.17) is 4.52 Å². The third-order valence-corrected chi connectivity index (χ3v) is 2.72. The van der Waals surface area contributed by atoms with E-state index in [0.717, 1.165) is 13.2 Å². The first-order valence-electron chi connectivity index (χ1n) is 6.34. The van der Waals surface area contributed by atoms with Gasteiger partial charge in [-0.05, 0) is 25.1 Å². The fourth-order valence-electron chi connectivity index (χ4n) is 1.70. The number of nitrogens with one attached hydrogen (secondary N) is 2. The van der Waals surface area contributed by atoms with Crippen LogP contribution in [-0.2, 0) is 9.53 Å². The van der Waals surface area contributed by atoms with Crippen LogP contribution in [0.5, 0.6) is 0 Å². The number of nitrogens with zero attached hydrogens (tertiary/aromatic N) is 1. The van der Waals surface area contributed by atoms with Crippen LogP contribution in [0.4, 0.5) is 15.9 Å². The van der Waals surface area contributed by atoms with Gasteiger partial charge in [-0.2, -0.15) is 0 Å². The molecule has 0 radical (unpaired) electrons. The molecule has 8 heteroatoms. The molecule has 0 unspecified atom stereocenters. The largest absolute Gasteiger partial charge is 0.465 e. The van der Waals surface area contributed by atoms with Gasteiger partial charge in [-0.15, -0.1) is 0 Å². The number of rotatable bonds is 5. The highest BCUT2D eigenvalue weighted by atomic mass is 19.1. The van der Waals surface area contributed by atoms with Crippen LogP contribution in [0.15, 0.2) is 28.8 Å². The number of aromatic nitrogens is 1. The average molecular weight is 307 g/mol. The van der Waals surface area contributed by atoms with Crippen molar-refractivity contribution >= 4 is 23.4 Å². The van der Waals surface area contributed by atoms with E-state index in [1.54, 1.807) is 13.0 Å². The topological polar surface area (TPSA) is 93.5 Å². The Bertz CT molecular complexity index is 699. The predicted molar refractivity (Wildman–Crippen MR) is 76.1 cm³/mol. The first-order valence-corrected chi connectivity index (χ1v) is 6.34. The SMILES string of the molecule is COC(=O)c1cc(NCC(=O)Nc2cc(C)on2)ccc1F. The van der Waals surface area contributed by atoms with Gasteiger partial charge in [0.2, 0.25) is 5.91 Å². The molecular weight excluding hydrogens is 293 g/mol. The van der Waals surface area contributed by atoms with E-state index < -0.39 is 11.8 Å². The number of hydrogen-bond acceptors (Lipinski definition) is 6. The Morgan fingerprint density at radius 3 is 2.77 bits per heavy atom. The van der Waals surface area contributed by atoms with Crippen molar-refractivity contribution in [2.45, 2.75) is 6.92 Å². The number of aryl methyl sites for hydroxylation is 1. The number of methoxy groups -OCH3 is 1. The van der Waals surface area contributed by atoms with Crippen LogP contribution in [0.2, 0.25) is 0 Å². The van der Waals surface area contributed by atoms with E-state index in [1.807, 2.05) is 0 Å². The van der Waals surface area contributed by atoms with Crippen LogP contribution in [0.1, 0.15) is 16.1 Å². The summed E-state index contributed by atoms with van der Waals surface area (Å²) in [5.74, 6) is -0.969. The lowest BCUT2D eigenvalue weighted by Gasteiger charge is -2.08. The monoisotopic (exact) mass is 307 g/mol. The Hall–Kier alpha value is -2.90. The third-order valence-electron chi connectivity index (χ3n) is 2.72. The normalized spacial score (nSPS) is 10.1. The summed E-state index contributed by atoms with van der Waals surface area (Å²) in [6.45, 7) is 1.62. The number of anilines is 2. The maximum atomic E-state index is 13.5. The molecule has 1 aromatic heterocycles. The average Bonchev–Trinajstić information content (AvgIpc) is 2.90. The molecule has 0 aliphatic rings. The second kappa shape index (κ2) is 6.70. The van der Waals surface area contributed by atoms with Gasteiger partial charge in [-0.25, -0.2) is 9.18 Å². The van der Waals surface area contributed by atoms with Crippen LogP contribution in [0, 0.1) is 12.7 Å². The molecule has 2 aromatic rings. The van der Waals surface area contributed by atoms with E-state index in [1.165, 1.54) is 12.1 Å². The van der Waals surface area contributed by atoms with Crippen LogP contribution < -0.4 is 10.6 Å². The number of ether oxygens (including phenoxy) is 1. The second-order valence-corrected chi connectivity index (χ2v) is 4.41. The molecule has 0 saturated heterocycles. The minimum absolute atomic E-state index is 0.0852. The standard InChI is InChI=1S/C14H14FN3O4/c1-8-5-12(18-22-8)17-13(19)7-16-9-3-4-11(15)10(6-9)14(20)21-2/h3-6,16H,7H2,1-2H3,(H,17,18,19). The minimum Gasteiger partial charge on any atom is -0.465 e. The molecule has 0 saturated carbocycles. The molecule has 0 bridgehead atoms. The minimum atomic E-state index is -0.788. The molecule has 116 valence electrons. The zero-order valence-electron chi connectivity index (χ0n) is 12.0. The maximum Gasteiger partial charge on any atom is 0.340 e. The Labute approximate surface area is 125 Å². The molecule has 1 heterocycles. The molecule has 22 heavy (non-hydrogen) atoms. The summed E-state index contributed by atoms with van der Waals surface area (Å²) in [4.78, 5) is 23.1. The fourth-order valence-corrected chi connectivity index (χ4v) is 1.70. The first kappa shape index (κ1) is 15.5. The molecule has 0 spiro atoms. The molecule has 0 aliphatic heterocycles. The molecule has 2 rings (SSSR count). The van der Waals surface area contributed by atoms with E-state index in [0.29, 0.717) is 17.3 Å². The molecule has 0 aliphatic carbocycles. The number of hydrogen-bond donors (Lipinski definition) is 2. The summed E-state index contributed by atoms with van der Waals surface area (Å²) in [6, 6.07) is 5.38. The summed E-state index contributed by atoms with van der Waals surface area (Å²) >= 11 is 0. The van der Waals surface area contributed by atoms with Crippen molar-refractivity contribution in [1.82, 2.24) is 5.16 Å². The molecule has 2 N–H and O–H groups in total. The van der Waals surface area contributed by atoms with Crippen molar-refractivity contribution in [3.05, 3.63) is 41.4 Å². The van der Waals surface area contributed by atoms with Gasteiger partial charge < -0.3 is 19.9 Å². The third kappa shape index (κ3) is 3.81. The lowest BCUT2D eigenvalue weighted by atomic mass is 10.2. The lowest BCUT2D eigenvalue weighted by molar-refractivity contribution is -0.114. The summed E-state index contributed by atoms with van der Waals surface area (Å²) < 4.78 is 22.8. The molecule has 7 nitrogen and oxygen atoms in total. The van der Waals surface area contributed by atoms with E-state index in [-0.39, 0.29) is 18.0 Å².